The molecule has 6 rings (SSSR count). The molecule has 3 nitrogen and oxygen atoms in total. The number of benzene rings is 1. The predicted molar refractivity (Wildman–Crippen MR) is 116 cm³/mol. The van der Waals surface area contributed by atoms with E-state index in [4.69, 9.17) is 0 Å². The van der Waals surface area contributed by atoms with Gasteiger partial charge < -0.3 is 10.2 Å². The molecule has 2 aliphatic heterocycles. The molecule has 1 aromatic carbocycles. The van der Waals surface area contributed by atoms with Crippen LogP contribution >= 0.6 is 0 Å². The molecule has 3 heteroatoms. The number of hydrogen-bond acceptors (Lipinski definition) is 2. The van der Waals surface area contributed by atoms with Gasteiger partial charge in [-0.25, -0.2) is 0 Å². The Balaban J connectivity index is 1.23. The lowest BCUT2D eigenvalue weighted by molar-refractivity contribution is -0.155. The van der Waals surface area contributed by atoms with Gasteiger partial charge in [0.2, 0.25) is 5.91 Å². The standard InChI is InChI=1S/C26H36N2O/c1-24-16-19-15-21(23(29)28-13-10-26(11-14-28)9-12-27-26)22(24)7-8-25(17-19,18-24)20-5-3-2-4-6-20/h2-6,19,21-22,27H,7-18H2,1H3/t19?,21?,22?,24-,25-/m1/s1. The van der Waals surface area contributed by atoms with Gasteiger partial charge in [0.15, 0.2) is 0 Å². The molecule has 2 heterocycles. The van der Waals surface area contributed by atoms with Crippen LogP contribution in [0.5, 0.6) is 0 Å². The molecule has 156 valence electrons. The molecule has 0 aromatic heterocycles. The molecule has 1 amide bonds. The van der Waals surface area contributed by atoms with Gasteiger partial charge >= 0.3 is 0 Å². The van der Waals surface area contributed by atoms with Gasteiger partial charge in [0, 0.05) is 24.5 Å². The Morgan fingerprint density at radius 3 is 2.52 bits per heavy atom. The van der Waals surface area contributed by atoms with Crippen LogP contribution < -0.4 is 5.32 Å². The Bertz CT molecular complexity index is 792. The number of nitrogens with one attached hydrogen (secondary N) is 1. The van der Waals surface area contributed by atoms with Crippen molar-refractivity contribution in [1.29, 1.82) is 0 Å². The number of hydrogen-bond donors (Lipinski definition) is 1. The molecule has 5 fully saturated rings. The number of nitrogens with zero attached hydrogens (tertiary/aromatic N) is 1. The van der Waals surface area contributed by atoms with Gasteiger partial charge in [0.1, 0.15) is 0 Å². The van der Waals surface area contributed by atoms with Gasteiger partial charge in [-0.1, -0.05) is 37.3 Å². The van der Waals surface area contributed by atoms with E-state index in [-0.39, 0.29) is 5.92 Å². The average molecular weight is 393 g/mol. The van der Waals surface area contributed by atoms with Crippen LogP contribution in [-0.4, -0.2) is 36.0 Å². The zero-order valence-electron chi connectivity index (χ0n) is 18.0. The Morgan fingerprint density at radius 2 is 1.83 bits per heavy atom. The van der Waals surface area contributed by atoms with E-state index in [0.29, 0.717) is 28.2 Å². The number of likely N-dealkylation sites (tertiary alicyclic amines) is 1. The number of amides is 1. The van der Waals surface area contributed by atoms with Crippen LogP contribution in [0, 0.1) is 23.2 Å². The second-order valence-electron chi connectivity index (χ2n) is 11.5. The number of carbonyl (C=O) groups excluding carboxylic acids is 1. The number of rotatable bonds is 2. The van der Waals surface area contributed by atoms with E-state index in [1.165, 1.54) is 45.1 Å². The summed E-state index contributed by atoms with van der Waals surface area (Å²) in [4.78, 5) is 15.9. The average Bonchev–Trinajstić information content (AvgIpc) is 2.70. The highest BCUT2D eigenvalue weighted by atomic mass is 16.2. The van der Waals surface area contributed by atoms with Gasteiger partial charge in [-0.2, -0.15) is 0 Å². The highest BCUT2D eigenvalue weighted by molar-refractivity contribution is 5.79. The molecule has 3 bridgehead atoms. The fourth-order valence-corrected chi connectivity index (χ4v) is 8.56. The topological polar surface area (TPSA) is 32.3 Å². The molecule has 2 saturated heterocycles. The minimum atomic E-state index is 0.288. The minimum Gasteiger partial charge on any atom is -0.342 e. The summed E-state index contributed by atoms with van der Waals surface area (Å²) in [6.45, 7) is 5.65. The minimum absolute atomic E-state index is 0.288. The van der Waals surface area contributed by atoms with E-state index in [2.05, 4.69) is 47.5 Å². The molecular weight excluding hydrogens is 356 g/mol. The molecule has 1 aromatic rings. The summed E-state index contributed by atoms with van der Waals surface area (Å²) in [7, 11) is 0. The van der Waals surface area contributed by atoms with Crippen LogP contribution in [-0.2, 0) is 10.2 Å². The van der Waals surface area contributed by atoms with E-state index >= 15 is 0 Å². The fourth-order valence-electron chi connectivity index (χ4n) is 8.56. The predicted octanol–water partition coefficient (Wildman–Crippen LogP) is 4.52. The summed E-state index contributed by atoms with van der Waals surface area (Å²) in [6, 6.07) is 11.3. The molecule has 3 aliphatic carbocycles. The molecule has 1 spiro atoms. The molecule has 5 atom stereocenters. The van der Waals surface area contributed by atoms with Crippen LogP contribution in [0.2, 0.25) is 0 Å². The van der Waals surface area contributed by atoms with Crippen LogP contribution in [0.15, 0.2) is 30.3 Å². The maximum absolute atomic E-state index is 13.7. The van der Waals surface area contributed by atoms with Gasteiger partial charge in [0.05, 0.1) is 0 Å². The van der Waals surface area contributed by atoms with E-state index in [9.17, 15) is 4.79 Å². The Morgan fingerprint density at radius 1 is 1.07 bits per heavy atom. The van der Waals surface area contributed by atoms with Crippen molar-refractivity contribution in [2.24, 2.45) is 23.2 Å². The first-order valence-corrected chi connectivity index (χ1v) is 12.1. The molecule has 29 heavy (non-hydrogen) atoms. The Kier molecular flexibility index (Phi) is 4.02. The summed E-state index contributed by atoms with van der Waals surface area (Å²) in [6.07, 6.45) is 11.2. The molecule has 1 N–H and O–H groups in total. The first-order valence-electron chi connectivity index (χ1n) is 12.1. The molecule has 0 radical (unpaired) electrons. The summed E-state index contributed by atoms with van der Waals surface area (Å²) >= 11 is 0. The lowest BCUT2D eigenvalue weighted by Gasteiger charge is -2.63. The number of piperidine rings is 1. The second kappa shape index (κ2) is 6.33. The lowest BCUT2D eigenvalue weighted by Crippen LogP contribution is -2.63. The summed E-state index contributed by atoms with van der Waals surface area (Å²) in [5.41, 5.74) is 2.67. The monoisotopic (exact) mass is 392 g/mol. The maximum Gasteiger partial charge on any atom is 0.225 e. The van der Waals surface area contributed by atoms with E-state index in [0.717, 1.165) is 38.3 Å². The fraction of sp³-hybridized carbons (Fsp3) is 0.731. The van der Waals surface area contributed by atoms with Crippen LogP contribution in [0.1, 0.15) is 70.3 Å². The highest BCUT2D eigenvalue weighted by Gasteiger charge is 2.60. The normalized spacial score (nSPS) is 42.5. The van der Waals surface area contributed by atoms with Crippen LogP contribution in [0.25, 0.3) is 0 Å². The van der Waals surface area contributed by atoms with Gasteiger partial charge in [-0.05, 0) is 92.6 Å². The van der Waals surface area contributed by atoms with Crippen LogP contribution in [0.3, 0.4) is 0 Å². The first kappa shape index (κ1) is 18.4. The second-order valence-corrected chi connectivity index (χ2v) is 11.5. The van der Waals surface area contributed by atoms with Crippen molar-refractivity contribution in [2.75, 3.05) is 19.6 Å². The zero-order chi connectivity index (χ0) is 19.7. The van der Waals surface area contributed by atoms with Crippen molar-refractivity contribution in [3.8, 4) is 0 Å². The third-order valence-electron chi connectivity index (χ3n) is 9.92. The number of carbonyl (C=O) groups is 1. The molecule has 3 unspecified atom stereocenters. The van der Waals surface area contributed by atoms with Gasteiger partial charge in [-0.15, -0.1) is 0 Å². The molecule has 5 aliphatic rings. The van der Waals surface area contributed by atoms with Gasteiger partial charge in [-0.3, -0.25) is 4.79 Å². The van der Waals surface area contributed by atoms with E-state index < -0.39 is 0 Å². The smallest absolute Gasteiger partial charge is 0.225 e. The van der Waals surface area contributed by atoms with Crippen molar-refractivity contribution in [2.45, 2.75) is 75.7 Å². The van der Waals surface area contributed by atoms with Gasteiger partial charge in [0.25, 0.3) is 0 Å². The van der Waals surface area contributed by atoms with Crippen molar-refractivity contribution in [3.63, 3.8) is 0 Å². The quantitative estimate of drug-likeness (QED) is 0.803. The Labute approximate surface area is 175 Å². The largest absolute Gasteiger partial charge is 0.342 e. The lowest BCUT2D eigenvalue weighted by atomic mass is 9.42. The van der Waals surface area contributed by atoms with Crippen molar-refractivity contribution in [1.82, 2.24) is 10.2 Å². The molecular formula is C26H36N2O. The van der Waals surface area contributed by atoms with Crippen molar-refractivity contribution in [3.05, 3.63) is 35.9 Å². The first-order chi connectivity index (χ1) is 14.0. The zero-order valence-corrected chi connectivity index (χ0v) is 18.0. The SMILES string of the molecule is C[C@]12CC3CC(C(=O)N4CCC5(CCN5)CC4)C1CC[C@@](c1ccccc1)(C3)C2. The van der Waals surface area contributed by atoms with Crippen molar-refractivity contribution >= 4 is 5.91 Å². The summed E-state index contributed by atoms with van der Waals surface area (Å²) in [5.74, 6) is 2.12. The highest BCUT2D eigenvalue weighted by Crippen LogP contribution is 2.66. The van der Waals surface area contributed by atoms with Crippen LogP contribution in [0.4, 0.5) is 0 Å². The summed E-state index contributed by atoms with van der Waals surface area (Å²) in [5, 5.41) is 3.65. The van der Waals surface area contributed by atoms with E-state index in [1.54, 1.807) is 5.56 Å². The van der Waals surface area contributed by atoms with E-state index in [1.807, 2.05) is 0 Å². The number of fused-ring (bicyclic) bond motifs is 2. The third-order valence-corrected chi connectivity index (χ3v) is 9.92. The molecule has 3 saturated carbocycles. The summed E-state index contributed by atoms with van der Waals surface area (Å²) < 4.78 is 0. The maximum atomic E-state index is 13.7. The Hall–Kier alpha value is -1.35. The van der Waals surface area contributed by atoms with Crippen molar-refractivity contribution < 1.29 is 4.79 Å². The third kappa shape index (κ3) is 2.76.